The van der Waals surface area contributed by atoms with E-state index in [0.29, 0.717) is 36.9 Å². The quantitative estimate of drug-likeness (QED) is 0.183. The molecule has 0 atom stereocenters. The number of rotatable bonds is 7. The Morgan fingerprint density at radius 3 is 2.20 bits per heavy atom. The number of carbonyl (C=O) groups is 1. The van der Waals surface area contributed by atoms with Crippen molar-refractivity contribution in [3.8, 4) is 11.5 Å². The van der Waals surface area contributed by atoms with Crippen LogP contribution in [0.1, 0.15) is 98.6 Å². The Bertz CT molecular complexity index is 1470. The van der Waals surface area contributed by atoms with Crippen molar-refractivity contribution in [3.63, 3.8) is 0 Å². The summed E-state index contributed by atoms with van der Waals surface area (Å²) < 4.78 is 32.3. The van der Waals surface area contributed by atoms with E-state index < -0.39 is 22.7 Å². The molecule has 10 heteroatoms. The van der Waals surface area contributed by atoms with Crippen LogP contribution >= 0.6 is 0 Å². The molecule has 2 aliphatic heterocycles. The van der Waals surface area contributed by atoms with Crippen LogP contribution in [0.2, 0.25) is 0 Å². The summed E-state index contributed by atoms with van der Waals surface area (Å²) in [7, 11) is 0. The van der Waals surface area contributed by atoms with Crippen molar-refractivity contribution in [1.82, 2.24) is 10.2 Å². The number of amides is 1. The number of nitro benzene ring substituents is 1. The number of hydrogen-bond donors (Lipinski definition) is 2. The highest BCUT2D eigenvalue weighted by Crippen LogP contribution is 2.37. The van der Waals surface area contributed by atoms with Crippen LogP contribution in [0.15, 0.2) is 30.3 Å². The molecule has 0 unspecified atom stereocenters. The lowest BCUT2D eigenvalue weighted by Gasteiger charge is -2.30. The highest BCUT2D eigenvalue weighted by Gasteiger charge is 2.26. The molecule has 0 saturated carbocycles. The van der Waals surface area contributed by atoms with E-state index in [1.165, 1.54) is 31.0 Å². The van der Waals surface area contributed by atoms with Gasteiger partial charge >= 0.3 is 11.8 Å². The van der Waals surface area contributed by atoms with Crippen LogP contribution in [0.25, 0.3) is 5.57 Å². The summed E-state index contributed by atoms with van der Waals surface area (Å²) in [5.74, 6) is 1.28. The Balaban J connectivity index is 0.000000274. The molecule has 3 N–H and O–H groups in total. The Kier molecular flexibility index (Phi) is 11.2. The van der Waals surface area contributed by atoms with Gasteiger partial charge in [-0.2, -0.15) is 0 Å². The van der Waals surface area contributed by atoms with Gasteiger partial charge in [0.1, 0.15) is 11.4 Å². The number of nitrogens with one attached hydrogen (secondary N) is 1. The molecule has 1 amide bonds. The fourth-order valence-corrected chi connectivity index (χ4v) is 5.48. The maximum Gasteiger partial charge on any atom is 0.410 e. The van der Waals surface area contributed by atoms with Gasteiger partial charge in [-0.15, -0.1) is 0 Å². The van der Waals surface area contributed by atoms with Crippen molar-refractivity contribution in [1.29, 1.82) is 0 Å². The van der Waals surface area contributed by atoms with Crippen molar-refractivity contribution in [2.75, 3.05) is 31.9 Å². The van der Waals surface area contributed by atoms with Crippen LogP contribution in [0, 0.1) is 24.0 Å². The van der Waals surface area contributed by atoms with Gasteiger partial charge < -0.3 is 30.2 Å². The number of ether oxygens (including phenoxy) is 3. The first kappa shape index (κ1) is 32.6. The first-order chi connectivity index (χ1) is 21.6. The number of nitro groups is 1. The van der Waals surface area contributed by atoms with Crippen LogP contribution in [-0.4, -0.2) is 59.9 Å². The minimum Gasteiger partial charge on any atom is -0.489 e. The fourth-order valence-electron chi connectivity index (χ4n) is 5.48. The van der Waals surface area contributed by atoms with Gasteiger partial charge in [0.15, 0.2) is 5.75 Å². The molecule has 0 aromatic heterocycles. The van der Waals surface area contributed by atoms with E-state index in [0.717, 1.165) is 42.6 Å². The minimum absolute atomic E-state index is 0.0704. The van der Waals surface area contributed by atoms with Gasteiger partial charge in [-0.25, -0.2) is 4.79 Å². The highest BCUT2D eigenvalue weighted by atomic mass is 16.6. The molecule has 2 aliphatic rings. The van der Waals surface area contributed by atoms with Gasteiger partial charge in [-0.05, 0) is 147 Å². The van der Waals surface area contributed by atoms with Crippen LogP contribution in [-0.2, 0) is 4.74 Å². The molecule has 1 fully saturated rings. The number of nitrogens with two attached hydrogens (primary N) is 1. The van der Waals surface area contributed by atoms with Gasteiger partial charge in [-0.1, -0.05) is 6.08 Å². The predicted octanol–water partition coefficient (Wildman–Crippen LogP) is 7.55. The first-order valence-electron chi connectivity index (χ1n) is 16.6. The number of piperidine rings is 1. The smallest absolute Gasteiger partial charge is 0.410 e. The third-order valence-corrected chi connectivity index (χ3v) is 7.52. The number of benzene rings is 2. The van der Waals surface area contributed by atoms with Crippen LogP contribution in [0.4, 0.5) is 16.2 Å². The highest BCUT2D eigenvalue weighted by molar-refractivity contribution is 5.75. The van der Waals surface area contributed by atoms with Crippen LogP contribution < -0.4 is 20.5 Å². The summed E-state index contributed by atoms with van der Waals surface area (Å²) in [6, 6.07) is 7.10. The van der Waals surface area contributed by atoms with E-state index in [2.05, 4.69) is 12.2 Å². The Morgan fingerprint density at radius 1 is 1.04 bits per heavy atom. The monoisotopic (exact) mass is 626 g/mol. The molecular weight excluding hydrogens is 572 g/mol. The summed E-state index contributed by atoms with van der Waals surface area (Å²) in [6.45, 7) is 18.9. The average Bonchev–Trinajstić information content (AvgIpc) is 2.94. The van der Waals surface area contributed by atoms with Gasteiger partial charge in [0, 0.05) is 19.2 Å². The largest absolute Gasteiger partial charge is 0.489 e. The average molecular weight is 627 g/mol. The molecule has 0 bridgehead atoms. The van der Waals surface area contributed by atoms with Crippen molar-refractivity contribution in [2.45, 2.75) is 105 Å². The first-order valence-corrected chi connectivity index (χ1v) is 15.6. The Hall–Kier alpha value is -3.79. The zero-order chi connectivity index (χ0) is 35.3. The van der Waals surface area contributed by atoms with Crippen molar-refractivity contribution in [3.05, 3.63) is 62.7 Å². The minimum atomic E-state index is -1.30. The Labute approximate surface area is 271 Å². The summed E-state index contributed by atoms with van der Waals surface area (Å²) in [5, 5.41) is 14.8. The van der Waals surface area contributed by atoms with Crippen molar-refractivity contribution in [2.24, 2.45) is 0 Å². The summed E-state index contributed by atoms with van der Waals surface area (Å²) in [4.78, 5) is 24.7. The van der Waals surface area contributed by atoms with E-state index in [4.69, 9.17) is 22.7 Å². The lowest BCUT2D eigenvalue weighted by atomic mass is 9.87. The van der Waals surface area contributed by atoms with Gasteiger partial charge in [0.25, 0.3) is 0 Å². The lowest BCUT2D eigenvalue weighted by Crippen LogP contribution is -2.39. The molecule has 2 aromatic rings. The summed E-state index contributed by atoms with van der Waals surface area (Å²) in [5.41, 5.74) is 11.0. The molecule has 4 rings (SSSR count). The van der Waals surface area contributed by atoms with Crippen LogP contribution in [0.5, 0.6) is 11.5 Å². The van der Waals surface area contributed by atoms with Crippen molar-refractivity contribution >= 4 is 23.0 Å². The SMILES string of the molecule is [2H]C(C)(C)Oc1cc(C2=CCN(C(=O)OC(C)(C)C)CC2)c(C)cc1[N+](=O)[O-].[2H]C(C)(C)Oc1cc(C2CCNCC2)c(C)cc1N. The summed E-state index contributed by atoms with van der Waals surface area (Å²) >= 11 is 0. The number of hydrogen-bond acceptors (Lipinski definition) is 8. The Morgan fingerprint density at radius 2 is 1.67 bits per heavy atom. The molecule has 248 valence electrons. The van der Waals surface area contributed by atoms with E-state index in [1.807, 2.05) is 39.0 Å². The molecule has 0 aliphatic carbocycles. The van der Waals surface area contributed by atoms with Gasteiger partial charge in [0.05, 0.1) is 25.5 Å². The maximum atomic E-state index is 12.2. The molecule has 10 nitrogen and oxygen atoms in total. The van der Waals surface area contributed by atoms with Gasteiger partial charge in [-0.3, -0.25) is 10.1 Å². The fraction of sp³-hybridized carbons (Fsp3) is 0.571. The van der Waals surface area contributed by atoms with Gasteiger partial charge in [0.2, 0.25) is 0 Å². The second-order valence-electron chi connectivity index (χ2n) is 13.1. The molecule has 2 aromatic carbocycles. The second kappa shape index (κ2) is 15.5. The summed E-state index contributed by atoms with van der Waals surface area (Å²) in [6.07, 6.45) is 2.20. The topological polar surface area (TPSA) is 129 Å². The molecule has 45 heavy (non-hydrogen) atoms. The molecular formula is C35H52N4O6. The van der Waals surface area contributed by atoms with E-state index >= 15 is 0 Å². The van der Waals surface area contributed by atoms with E-state index in [1.54, 1.807) is 31.7 Å². The molecule has 2 heterocycles. The number of carbonyl (C=O) groups excluding carboxylic acids is 1. The van der Waals surface area contributed by atoms with E-state index in [-0.39, 0.29) is 17.5 Å². The normalized spacial score (nSPS) is 16.8. The third-order valence-electron chi connectivity index (χ3n) is 7.52. The molecule has 1 saturated heterocycles. The third kappa shape index (κ3) is 10.4. The molecule has 0 spiro atoms. The van der Waals surface area contributed by atoms with Crippen molar-refractivity contribution < 1.29 is 26.7 Å². The van der Waals surface area contributed by atoms with E-state index in [9.17, 15) is 14.9 Å². The second-order valence-corrected chi connectivity index (χ2v) is 13.1. The number of nitrogens with zero attached hydrogens (tertiary/aromatic N) is 2. The lowest BCUT2D eigenvalue weighted by molar-refractivity contribution is -0.386. The maximum absolute atomic E-state index is 12.2. The predicted molar refractivity (Wildman–Crippen MR) is 180 cm³/mol. The van der Waals surface area contributed by atoms with Crippen LogP contribution in [0.3, 0.4) is 0 Å². The number of aryl methyl sites for hydroxylation is 2. The zero-order valence-electron chi connectivity index (χ0n) is 30.3. The standard InChI is InChI=1S/C20H28N2O5.C15H24N2O/c1-13(2)26-18-12-16(14(3)11-17(18)22(24)25)15-7-9-21(10-8-15)19(23)27-20(4,5)6;1-10(2)18-15-9-13(11(3)8-14(15)16)12-4-6-17-7-5-12/h7,11-13H,8-10H2,1-6H3;8-10,12,17H,4-7,16H2,1-3H3/i13D;10D. The number of anilines is 1. The zero-order valence-corrected chi connectivity index (χ0v) is 28.3. The molecule has 0 radical (unpaired) electrons. The number of nitrogen functional groups attached to an aromatic ring is 1.